The molecule has 3 nitrogen and oxygen atoms in total. The van der Waals surface area contributed by atoms with Crippen LogP contribution in [0.15, 0.2) is 48.5 Å². The Morgan fingerprint density at radius 3 is 2.47 bits per heavy atom. The fourth-order valence-electron chi connectivity index (χ4n) is 4.97. The average Bonchev–Trinajstić information content (AvgIpc) is 2.69. The molecule has 3 rings (SSSR count). The number of carbonyl (C=O) groups is 1. The van der Waals surface area contributed by atoms with Gasteiger partial charge in [-0.3, -0.25) is 4.79 Å². The van der Waals surface area contributed by atoms with E-state index in [1.54, 1.807) is 0 Å². The number of hydrogen-bond donors (Lipinski definition) is 2. The van der Waals surface area contributed by atoms with E-state index in [-0.39, 0.29) is 29.3 Å². The van der Waals surface area contributed by atoms with Crippen LogP contribution in [0.3, 0.4) is 0 Å². The van der Waals surface area contributed by atoms with Crippen LogP contribution in [-0.2, 0) is 4.79 Å². The molecule has 0 spiro atoms. The number of primary amides is 1. The molecule has 1 amide bonds. The smallest absolute Gasteiger partial charge is 0.218 e. The van der Waals surface area contributed by atoms with E-state index in [0.29, 0.717) is 6.42 Å². The number of benzene rings is 2. The molecule has 0 radical (unpaired) electrons. The average molecular weight is 447 g/mol. The predicted octanol–water partition coefficient (Wildman–Crippen LogP) is 6.64. The van der Waals surface area contributed by atoms with Crippen LogP contribution in [0.25, 0.3) is 0 Å². The van der Waals surface area contributed by atoms with Crippen LogP contribution >= 0.6 is 23.2 Å². The standard InChI is InChI=1S/C25H32Cl2N2O/c1-3-4-5-9-22-25(2,16-23(28)30)15-21(18-7-6-8-20(27)14-18)24(29-22)17-10-12-19(26)13-11-17/h6-8,10-14,21-22,24,29H,3-5,9,15-16H2,1-2H3,(H2,28,30). The predicted molar refractivity (Wildman–Crippen MR) is 126 cm³/mol. The van der Waals surface area contributed by atoms with Crippen molar-refractivity contribution >= 4 is 29.1 Å². The number of hydrogen-bond acceptors (Lipinski definition) is 2. The molecule has 1 saturated heterocycles. The summed E-state index contributed by atoms with van der Waals surface area (Å²) in [6.45, 7) is 4.42. The van der Waals surface area contributed by atoms with Crippen molar-refractivity contribution in [3.63, 3.8) is 0 Å². The van der Waals surface area contributed by atoms with E-state index in [9.17, 15) is 4.79 Å². The lowest BCUT2D eigenvalue weighted by atomic mass is 9.64. The number of nitrogens with one attached hydrogen (secondary N) is 1. The highest BCUT2D eigenvalue weighted by atomic mass is 35.5. The zero-order chi connectivity index (χ0) is 21.7. The second-order valence-electron chi connectivity index (χ2n) is 8.91. The van der Waals surface area contributed by atoms with Crippen LogP contribution in [0, 0.1) is 5.41 Å². The van der Waals surface area contributed by atoms with Gasteiger partial charge in [-0.2, -0.15) is 0 Å². The summed E-state index contributed by atoms with van der Waals surface area (Å²) in [5.74, 6) is -0.0637. The first kappa shape index (κ1) is 23.1. The van der Waals surface area contributed by atoms with Gasteiger partial charge in [0.15, 0.2) is 0 Å². The molecule has 0 bridgehead atoms. The van der Waals surface area contributed by atoms with Gasteiger partial charge in [-0.1, -0.05) is 80.6 Å². The molecule has 2 aromatic carbocycles. The topological polar surface area (TPSA) is 55.1 Å². The van der Waals surface area contributed by atoms with Crippen molar-refractivity contribution < 1.29 is 4.79 Å². The number of rotatable bonds is 8. The molecule has 2 aromatic rings. The zero-order valence-corrected chi connectivity index (χ0v) is 19.3. The second-order valence-corrected chi connectivity index (χ2v) is 9.78. The van der Waals surface area contributed by atoms with Crippen molar-refractivity contribution in [3.8, 4) is 0 Å². The normalized spacial score (nSPS) is 26.5. The summed E-state index contributed by atoms with van der Waals surface area (Å²) >= 11 is 12.5. The van der Waals surface area contributed by atoms with Crippen LogP contribution < -0.4 is 11.1 Å². The first-order valence-corrected chi connectivity index (χ1v) is 11.6. The zero-order valence-electron chi connectivity index (χ0n) is 17.8. The Bertz CT molecular complexity index is 854. The molecule has 30 heavy (non-hydrogen) atoms. The third kappa shape index (κ3) is 5.57. The molecule has 4 atom stereocenters. The maximum atomic E-state index is 12.0. The Labute approximate surface area is 190 Å². The highest BCUT2D eigenvalue weighted by Crippen LogP contribution is 2.49. The quantitative estimate of drug-likeness (QED) is 0.446. The van der Waals surface area contributed by atoms with Gasteiger partial charge in [-0.15, -0.1) is 0 Å². The second kappa shape index (κ2) is 10.2. The van der Waals surface area contributed by atoms with Gasteiger partial charge in [-0.05, 0) is 53.6 Å². The molecular formula is C25H32Cl2N2O. The summed E-state index contributed by atoms with van der Waals surface area (Å²) in [5, 5.41) is 5.37. The molecular weight excluding hydrogens is 415 g/mol. The Hall–Kier alpha value is -1.55. The molecule has 1 aliphatic rings. The number of carbonyl (C=O) groups excluding carboxylic acids is 1. The van der Waals surface area contributed by atoms with E-state index in [2.05, 4.69) is 37.4 Å². The van der Waals surface area contributed by atoms with Gasteiger partial charge in [0.2, 0.25) is 5.91 Å². The number of nitrogens with two attached hydrogens (primary N) is 1. The fourth-order valence-corrected chi connectivity index (χ4v) is 5.29. The molecule has 0 aliphatic carbocycles. The van der Waals surface area contributed by atoms with Gasteiger partial charge in [0.25, 0.3) is 0 Å². The van der Waals surface area contributed by atoms with Crippen molar-refractivity contribution in [2.75, 3.05) is 0 Å². The highest BCUT2D eigenvalue weighted by molar-refractivity contribution is 6.30. The maximum Gasteiger partial charge on any atom is 0.218 e. The largest absolute Gasteiger partial charge is 0.370 e. The van der Waals surface area contributed by atoms with Crippen LogP contribution in [0.1, 0.15) is 75.5 Å². The Balaban J connectivity index is 2.00. The summed E-state index contributed by atoms with van der Waals surface area (Å²) in [6.07, 6.45) is 5.77. The molecule has 1 heterocycles. The molecule has 0 aromatic heterocycles. The van der Waals surface area contributed by atoms with E-state index in [0.717, 1.165) is 29.3 Å². The van der Waals surface area contributed by atoms with Gasteiger partial charge >= 0.3 is 0 Å². The van der Waals surface area contributed by atoms with Crippen molar-refractivity contribution in [2.24, 2.45) is 11.1 Å². The summed E-state index contributed by atoms with van der Waals surface area (Å²) in [4.78, 5) is 12.0. The van der Waals surface area contributed by atoms with Crippen LogP contribution in [0.2, 0.25) is 10.0 Å². The summed E-state index contributed by atoms with van der Waals surface area (Å²) < 4.78 is 0. The number of piperidine rings is 1. The Kier molecular flexibility index (Phi) is 7.84. The molecule has 3 N–H and O–H groups in total. The minimum absolute atomic E-state index is 0.119. The first-order chi connectivity index (χ1) is 14.3. The van der Waals surface area contributed by atoms with Crippen LogP contribution in [0.4, 0.5) is 0 Å². The monoisotopic (exact) mass is 446 g/mol. The van der Waals surface area contributed by atoms with Crippen LogP contribution in [-0.4, -0.2) is 11.9 Å². The molecule has 162 valence electrons. The molecule has 4 unspecified atom stereocenters. The summed E-state index contributed by atoms with van der Waals surface area (Å²) in [5.41, 5.74) is 7.86. The van der Waals surface area contributed by atoms with Gasteiger partial charge in [0, 0.05) is 34.5 Å². The Morgan fingerprint density at radius 1 is 1.10 bits per heavy atom. The molecule has 1 fully saturated rings. The molecule has 5 heteroatoms. The summed E-state index contributed by atoms with van der Waals surface area (Å²) in [7, 11) is 0. The number of unbranched alkanes of at least 4 members (excludes halogenated alkanes) is 2. The van der Waals surface area contributed by atoms with Crippen molar-refractivity contribution in [1.29, 1.82) is 0 Å². The van der Waals surface area contributed by atoms with Crippen LogP contribution in [0.5, 0.6) is 0 Å². The third-order valence-electron chi connectivity index (χ3n) is 6.49. The number of amides is 1. The van der Waals surface area contributed by atoms with E-state index >= 15 is 0 Å². The maximum absolute atomic E-state index is 12.0. The number of halogens is 2. The van der Waals surface area contributed by atoms with Gasteiger partial charge in [0.1, 0.15) is 0 Å². The minimum Gasteiger partial charge on any atom is -0.370 e. The van der Waals surface area contributed by atoms with Crippen molar-refractivity contribution in [2.45, 2.75) is 70.4 Å². The lowest BCUT2D eigenvalue weighted by Crippen LogP contribution is -2.53. The van der Waals surface area contributed by atoms with Gasteiger partial charge < -0.3 is 11.1 Å². The minimum atomic E-state index is -0.241. The lowest BCUT2D eigenvalue weighted by molar-refractivity contribution is -0.121. The lowest BCUT2D eigenvalue weighted by Gasteiger charge is -2.49. The van der Waals surface area contributed by atoms with Crippen molar-refractivity contribution in [3.05, 3.63) is 69.7 Å². The van der Waals surface area contributed by atoms with E-state index in [1.807, 2.05) is 30.3 Å². The van der Waals surface area contributed by atoms with E-state index < -0.39 is 0 Å². The molecule has 1 aliphatic heterocycles. The molecule has 0 saturated carbocycles. The SMILES string of the molecule is CCCCCC1NC(c2ccc(Cl)cc2)C(c2cccc(Cl)c2)CC1(C)CC(N)=O. The van der Waals surface area contributed by atoms with Gasteiger partial charge in [-0.25, -0.2) is 0 Å². The fraction of sp³-hybridized carbons (Fsp3) is 0.480. The third-order valence-corrected chi connectivity index (χ3v) is 6.98. The van der Waals surface area contributed by atoms with Gasteiger partial charge in [0.05, 0.1) is 0 Å². The summed E-state index contributed by atoms with van der Waals surface area (Å²) in [6, 6.07) is 16.5. The highest BCUT2D eigenvalue weighted by Gasteiger charge is 2.45. The Morgan fingerprint density at radius 2 is 1.83 bits per heavy atom. The first-order valence-electron chi connectivity index (χ1n) is 10.9. The van der Waals surface area contributed by atoms with Crippen molar-refractivity contribution in [1.82, 2.24) is 5.32 Å². The van der Waals surface area contributed by atoms with E-state index in [4.69, 9.17) is 28.9 Å². The van der Waals surface area contributed by atoms with E-state index in [1.165, 1.54) is 24.0 Å².